The van der Waals surface area contributed by atoms with Gasteiger partial charge in [-0.25, -0.2) is 0 Å². The van der Waals surface area contributed by atoms with Gasteiger partial charge in [0.25, 0.3) is 5.91 Å². The van der Waals surface area contributed by atoms with E-state index >= 15 is 0 Å². The van der Waals surface area contributed by atoms with E-state index in [-0.39, 0.29) is 12.5 Å². The van der Waals surface area contributed by atoms with Crippen molar-refractivity contribution in [2.24, 2.45) is 0 Å². The highest BCUT2D eigenvalue weighted by molar-refractivity contribution is 6.32. The quantitative estimate of drug-likeness (QED) is 0.525. The van der Waals surface area contributed by atoms with Crippen molar-refractivity contribution in [3.63, 3.8) is 0 Å². The summed E-state index contributed by atoms with van der Waals surface area (Å²) in [6.45, 7) is 2.62. The minimum atomic E-state index is -0.251. The molecule has 0 aliphatic heterocycles. The summed E-state index contributed by atoms with van der Waals surface area (Å²) in [5, 5.41) is 3.41. The standard InChI is InChI=1S/C23H22ClNO4/c1-3-28-22-11-7-5-9-19(22)25-23(26)16-12-13-20(27-2)17(14-16)15-29-21-10-6-4-8-18(21)24/h4-14H,3,15H2,1-2H3,(H,25,26). The Labute approximate surface area is 175 Å². The third kappa shape index (κ3) is 5.21. The summed E-state index contributed by atoms with van der Waals surface area (Å²) in [4.78, 5) is 12.8. The maximum absolute atomic E-state index is 12.8. The number of carbonyl (C=O) groups excluding carboxylic acids is 1. The molecule has 0 bridgehead atoms. The topological polar surface area (TPSA) is 56.8 Å². The van der Waals surface area contributed by atoms with Crippen molar-refractivity contribution in [2.75, 3.05) is 19.0 Å². The Morgan fingerprint density at radius 1 is 0.931 bits per heavy atom. The van der Waals surface area contributed by atoms with E-state index in [4.69, 9.17) is 25.8 Å². The number of nitrogens with one attached hydrogen (secondary N) is 1. The van der Waals surface area contributed by atoms with E-state index in [9.17, 15) is 4.79 Å². The highest BCUT2D eigenvalue weighted by Gasteiger charge is 2.13. The number of halogens is 1. The van der Waals surface area contributed by atoms with Crippen molar-refractivity contribution in [3.8, 4) is 17.2 Å². The first-order chi connectivity index (χ1) is 14.1. The van der Waals surface area contributed by atoms with Gasteiger partial charge in [0.15, 0.2) is 0 Å². The summed E-state index contributed by atoms with van der Waals surface area (Å²) in [7, 11) is 1.58. The van der Waals surface area contributed by atoms with Crippen LogP contribution in [0.1, 0.15) is 22.8 Å². The van der Waals surface area contributed by atoms with Gasteiger partial charge in [0.1, 0.15) is 23.9 Å². The Kier molecular flexibility index (Phi) is 6.98. The molecule has 1 amide bonds. The molecule has 0 saturated heterocycles. The molecule has 6 heteroatoms. The maximum Gasteiger partial charge on any atom is 0.255 e. The molecular formula is C23H22ClNO4. The summed E-state index contributed by atoms with van der Waals surface area (Å²) in [6, 6.07) is 19.7. The van der Waals surface area contributed by atoms with Gasteiger partial charge in [-0.1, -0.05) is 35.9 Å². The molecule has 0 heterocycles. The van der Waals surface area contributed by atoms with Gasteiger partial charge in [0.05, 0.1) is 24.4 Å². The van der Waals surface area contributed by atoms with E-state index in [1.54, 1.807) is 43.5 Å². The zero-order valence-electron chi connectivity index (χ0n) is 16.3. The molecule has 0 unspecified atom stereocenters. The van der Waals surface area contributed by atoms with Crippen LogP contribution in [0.15, 0.2) is 66.7 Å². The fourth-order valence-electron chi connectivity index (χ4n) is 2.80. The molecule has 1 N–H and O–H groups in total. The Morgan fingerprint density at radius 2 is 1.66 bits per heavy atom. The summed E-state index contributed by atoms with van der Waals surface area (Å²) in [6.07, 6.45) is 0. The summed E-state index contributed by atoms with van der Waals surface area (Å²) in [5.41, 5.74) is 1.83. The number of rotatable bonds is 8. The number of hydrogen-bond donors (Lipinski definition) is 1. The SMILES string of the molecule is CCOc1ccccc1NC(=O)c1ccc(OC)c(COc2ccccc2Cl)c1. The number of ether oxygens (including phenoxy) is 3. The van der Waals surface area contributed by atoms with Crippen molar-refractivity contribution in [1.82, 2.24) is 0 Å². The van der Waals surface area contributed by atoms with Gasteiger partial charge in [0.2, 0.25) is 0 Å². The number of methoxy groups -OCH3 is 1. The predicted molar refractivity (Wildman–Crippen MR) is 114 cm³/mol. The lowest BCUT2D eigenvalue weighted by Crippen LogP contribution is -2.14. The Balaban J connectivity index is 1.79. The maximum atomic E-state index is 12.8. The normalized spacial score (nSPS) is 10.3. The molecule has 0 atom stereocenters. The largest absolute Gasteiger partial charge is 0.496 e. The van der Waals surface area contributed by atoms with Gasteiger partial charge in [-0.15, -0.1) is 0 Å². The van der Waals surface area contributed by atoms with Crippen LogP contribution in [0.2, 0.25) is 5.02 Å². The summed E-state index contributed by atoms with van der Waals surface area (Å²) in [5.74, 6) is 1.57. The highest BCUT2D eigenvalue weighted by Crippen LogP contribution is 2.28. The number of hydrogen-bond acceptors (Lipinski definition) is 4. The molecular weight excluding hydrogens is 390 g/mol. The van der Waals surface area contributed by atoms with Crippen LogP contribution in [0, 0.1) is 0 Å². The molecule has 0 fully saturated rings. The van der Waals surface area contributed by atoms with Crippen LogP contribution in [0.3, 0.4) is 0 Å². The minimum absolute atomic E-state index is 0.212. The van der Waals surface area contributed by atoms with E-state index < -0.39 is 0 Å². The number of anilines is 1. The second-order valence-electron chi connectivity index (χ2n) is 6.13. The monoisotopic (exact) mass is 411 g/mol. The van der Waals surface area contributed by atoms with Crippen LogP contribution in [0.4, 0.5) is 5.69 Å². The predicted octanol–water partition coefficient (Wildman–Crippen LogP) is 5.58. The average molecular weight is 412 g/mol. The van der Waals surface area contributed by atoms with Crippen LogP contribution in [-0.4, -0.2) is 19.6 Å². The molecule has 3 aromatic rings. The number of carbonyl (C=O) groups is 1. The van der Waals surface area contributed by atoms with Crippen molar-refractivity contribution < 1.29 is 19.0 Å². The first-order valence-electron chi connectivity index (χ1n) is 9.19. The van der Waals surface area contributed by atoms with Crippen LogP contribution in [0.25, 0.3) is 0 Å². The average Bonchev–Trinajstić information content (AvgIpc) is 2.74. The van der Waals surface area contributed by atoms with Crippen molar-refractivity contribution in [3.05, 3.63) is 82.9 Å². The van der Waals surface area contributed by atoms with Crippen LogP contribution >= 0.6 is 11.6 Å². The second kappa shape index (κ2) is 9.85. The highest BCUT2D eigenvalue weighted by atomic mass is 35.5. The van der Waals surface area contributed by atoms with Gasteiger partial charge in [-0.05, 0) is 49.4 Å². The van der Waals surface area contributed by atoms with Gasteiger partial charge < -0.3 is 19.5 Å². The Hall–Kier alpha value is -3.18. The third-order valence-electron chi connectivity index (χ3n) is 4.20. The van der Waals surface area contributed by atoms with Crippen LogP contribution in [0.5, 0.6) is 17.2 Å². The van der Waals surface area contributed by atoms with E-state index in [2.05, 4.69) is 5.32 Å². The van der Waals surface area contributed by atoms with E-state index in [1.807, 2.05) is 37.3 Å². The van der Waals surface area contributed by atoms with Crippen molar-refractivity contribution in [1.29, 1.82) is 0 Å². The van der Waals surface area contributed by atoms with Gasteiger partial charge in [-0.3, -0.25) is 4.79 Å². The molecule has 0 saturated carbocycles. The van der Waals surface area contributed by atoms with E-state index in [1.165, 1.54) is 0 Å². The molecule has 0 aromatic heterocycles. The van der Waals surface area contributed by atoms with E-state index in [0.717, 1.165) is 5.56 Å². The van der Waals surface area contributed by atoms with Crippen molar-refractivity contribution in [2.45, 2.75) is 13.5 Å². The zero-order valence-corrected chi connectivity index (χ0v) is 17.0. The fraction of sp³-hybridized carbons (Fsp3) is 0.174. The molecule has 5 nitrogen and oxygen atoms in total. The van der Waals surface area contributed by atoms with Gasteiger partial charge in [0, 0.05) is 11.1 Å². The van der Waals surface area contributed by atoms with Gasteiger partial charge in [-0.2, -0.15) is 0 Å². The third-order valence-corrected chi connectivity index (χ3v) is 4.51. The number of amides is 1. The molecule has 3 rings (SSSR count). The van der Waals surface area contributed by atoms with Crippen LogP contribution in [-0.2, 0) is 6.61 Å². The van der Waals surface area contributed by atoms with Gasteiger partial charge >= 0.3 is 0 Å². The van der Waals surface area contributed by atoms with Crippen LogP contribution < -0.4 is 19.5 Å². The van der Waals surface area contributed by atoms with Crippen molar-refractivity contribution >= 4 is 23.2 Å². The molecule has 150 valence electrons. The summed E-state index contributed by atoms with van der Waals surface area (Å²) >= 11 is 6.14. The molecule has 0 aliphatic carbocycles. The number of para-hydroxylation sites is 3. The molecule has 29 heavy (non-hydrogen) atoms. The first kappa shape index (κ1) is 20.6. The molecule has 0 radical (unpaired) electrons. The smallest absolute Gasteiger partial charge is 0.255 e. The zero-order chi connectivity index (χ0) is 20.6. The van der Waals surface area contributed by atoms with E-state index in [0.29, 0.717) is 40.1 Å². The second-order valence-corrected chi connectivity index (χ2v) is 6.54. The lowest BCUT2D eigenvalue weighted by Gasteiger charge is -2.14. The lowest BCUT2D eigenvalue weighted by atomic mass is 10.1. The Bertz CT molecular complexity index is 990. The Morgan fingerprint density at radius 3 is 2.38 bits per heavy atom. The minimum Gasteiger partial charge on any atom is -0.496 e. The summed E-state index contributed by atoms with van der Waals surface area (Å²) < 4.78 is 16.8. The molecule has 0 aliphatic rings. The molecule has 0 spiro atoms. The first-order valence-corrected chi connectivity index (χ1v) is 9.57. The number of benzene rings is 3. The lowest BCUT2D eigenvalue weighted by molar-refractivity contribution is 0.102. The molecule has 3 aromatic carbocycles. The fourth-order valence-corrected chi connectivity index (χ4v) is 2.99.